The average Bonchev–Trinajstić information content (AvgIpc) is 2.96. The minimum Gasteiger partial charge on any atom is -0.492 e. The van der Waals surface area contributed by atoms with Crippen LogP contribution in [0.2, 0.25) is 0 Å². The first kappa shape index (κ1) is 18.0. The number of aryl methyl sites for hydroxylation is 2. The van der Waals surface area contributed by atoms with Crippen LogP contribution in [0.5, 0.6) is 5.75 Å². The Labute approximate surface area is 145 Å². The summed E-state index contributed by atoms with van der Waals surface area (Å²) in [4.78, 5) is 25.6. The monoisotopic (exact) mass is 347 g/mol. The summed E-state index contributed by atoms with van der Waals surface area (Å²) >= 11 is 1.39. The third-order valence-corrected chi connectivity index (χ3v) is 4.47. The van der Waals surface area contributed by atoms with Crippen LogP contribution in [-0.4, -0.2) is 25.1 Å². The molecule has 0 aliphatic carbocycles. The molecule has 0 bridgehead atoms. The molecule has 1 amide bonds. The smallest absolute Gasteiger partial charge is 0.348 e. The molecule has 24 heavy (non-hydrogen) atoms. The van der Waals surface area contributed by atoms with E-state index in [0.717, 1.165) is 16.9 Å². The number of amides is 1. The van der Waals surface area contributed by atoms with Gasteiger partial charge in [0.1, 0.15) is 10.6 Å². The van der Waals surface area contributed by atoms with E-state index in [-0.39, 0.29) is 6.61 Å². The maximum atomic E-state index is 12.0. The predicted octanol–water partition coefficient (Wildman–Crippen LogP) is 3.81. The minimum absolute atomic E-state index is 0.336. The van der Waals surface area contributed by atoms with Crippen LogP contribution in [0.4, 0.5) is 5.69 Å². The molecule has 0 saturated carbocycles. The molecule has 6 heteroatoms. The molecular weight excluding hydrogens is 326 g/mol. The highest BCUT2D eigenvalue weighted by Crippen LogP contribution is 2.24. The number of rotatable bonds is 7. The average molecular weight is 347 g/mol. The number of hydrogen-bond donors (Lipinski definition) is 1. The summed E-state index contributed by atoms with van der Waals surface area (Å²) in [5.41, 5.74) is 1.68. The number of nitrogens with one attached hydrogen (secondary N) is 1. The van der Waals surface area contributed by atoms with Crippen molar-refractivity contribution in [1.82, 2.24) is 0 Å². The van der Waals surface area contributed by atoms with Gasteiger partial charge >= 0.3 is 5.97 Å². The molecule has 0 fully saturated rings. The molecule has 1 aromatic carbocycles. The Kier molecular flexibility index (Phi) is 6.37. The summed E-state index contributed by atoms with van der Waals surface area (Å²) in [6, 6.07) is 8.95. The first-order chi connectivity index (χ1) is 11.5. The van der Waals surface area contributed by atoms with E-state index in [1.165, 1.54) is 11.3 Å². The quantitative estimate of drug-likeness (QED) is 0.774. The van der Waals surface area contributed by atoms with E-state index in [9.17, 15) is 9.59 Å². The molecule has 1 N–H and O–H groups in total. The number of ether oxygens (including phenoxy) is 2. The third kappa shape index (κ3) is 4.58. The van der Waals surface area contributed by atoms with Crippen molar-refractivity contribution >= 4 is 28.9 Å². The molecule has 0 aliphatic heterocycles. The zero-order chi connectivity index (χ0) is 17.5. The largest absolute Gasteiger partial charge is 0.492 e. The molecule has 0 atom stereocenters. The molecule has 5 nitrogen and oxygen atoms in total. The van der Waals surface area contributed by atoms with Crippen LogP contribution < -0.4 is 10.1 Å². The van der Waals surface area contributed by atoms with Crippen molar-refractivity contribution in [2.75, 3.05) is 18.5 Å². The van der Waals surface area contributed by atoms with E-state index in [1.807, 2.05) is 32.9 Å². The van der Waals surface area contributed by atoms with Crippen molar-refractivity contribution in [3.8, 4) is 5.75 Å². The molecule has 2 aromatic rings. The highest BCUT2D eigenvalue weighted by atomic mass is 32.1. The fraction of sp³-hybridized carbons (Fsp3) is 0.333. The third-order valence-electron chi connectivity index (χ3n) is 3.40. The Hall–Kier alpha value is -2.34. The van der Waals surface area contributed by atoms with Gasteiger partial charge in [-0.1, -0.05) is 19.1 Å². The summed E-state index contributed by atoms with van der Waals surface area (Å²) in [5, 5.41) is 2.69. The summed E-state index contributed by atoms with van der Waals surface area (Å²) in [7, 11) is 0. The second-order valence-corrected chi connectivity index (χ2v) is 6.36. The molecule has 1 heterocycles. The van der Waals surface area contributed by atoms with Crippen LogP contribution in [0.3, 0.4) is 0 Å². The maximum Gasteiger partial charge on any atom is 0.348 e. The molecule has 128 valence electrons. The van der Waals surface area contributed by atoms with Crippen molar-refractivity contribution in [3.05, 3.63) is 45.6 Å². The van der Waals surface area contributed by atoms with Crippen molar-refractivity contribution in [2.45, 2.75) is 27.2 Å². The van der Waals surface area contributed by atoms with Crippen LogP contribution in [0.25, 0.3) is 0 Å². The Morgan fingerprint density at radius 2 is 1.96 bits per heavy atom. The van der Waals surface area contributed by atoms with Crippen LogP contribution in [-0.2, 0) is 16.0 Å². The number of benzene rings is 1. The van der Waals surface area contributed by atoms with Gasteiger partial charge in [0.25, 0.3) is 5.91 Å². The normalized spacial score (nSPS) is 10.3. The van der Waals surface area contributed by atoms with Crippen LogP contribution >= 0.6 is 11.3 Å². The van der Waals surface area contributed by atoms with Gasteiger partial charge in [0, 0.05) is 4.88 Å². The van der Waals surface area contributed by atoms with Crippen molar-refractivity contribution in [3.63, 3.8) is 0 Å². The number of thiophene rings is 1. The molecule has 2 rings (SSSR count). The molecule has 0 radical (unpaired) electrons. The van der Waals surface area contributed by atoms with Crippen LogP contribution in [0.1, 0.15) is 34.0 Å². The lowest BCUT2D eigenvalue weighted by Crippen LogP contribution is -2.21. The zero-order valence-corrected chi connectivity index (χ0v) is 14.9. The molecule has 0 saturated heterocycles. The summed E-state index contributed by atoms with van der Waals surface area (Å²) < 4.78 is 10.5. The van der Waals surface area contributed by atoms with Crippen molar-refractivity contribution < 1.29 is 19.1 Å². The van der Waals surface area contributed by atoms with Gasteiger partial charge in [0.05, 0.1) is 12.3 Å². The van der Waals surface area contributed by atoms with E-state index < -0.39 is 11.9 Å². The number of carbonyl (C=O) groups excluding carboxylic acids is 2. The van der Waals surface area contributed by atoms with Gasteiger partial charge in [-0.25, -0.2) is 4.79 Å². The number of hydrogen-bond acceptors (Lipinski definition) is 5. The fourth-order valence-corrected chi connectivity index (χ4v) is 3.22. The Morgan fingerprint density at radius 1 is 1.21 bits per heavy atom. The first-order valence-corrected chi connectivity index (χ1v) is 8.64. The summed E-state index contributed by atoms with van der Waals surface area (Å²) in [6.07, 6.45) is 0.865. The van der Waals surface area contributed by atoms with Gasteiger partial charge in [-0.3, -0.25) is 4.79 Å². The lowest BCUT2D eigenvalue weighted by Gasteiger charge is -2.11. The van der Waals surface area contributed by atoms with E-state index in [4.69, 9.17) is 9.47 Å². The Balaban J connectivity index is 1.92. The lowest BCUT2D eigenvalue weighted by molar-refractivity contribution is -0.119. The van der Waals surface area contributed by atoms with E-state index in [1.54, 1.807) is 18.2 Å². The van der Waals surface area contributed by atoms with Gasteiger partial charge in [0.2, 0.25) is 0 Å². The highest BCUT2D eigenvalue weighted by molar-refractivity contribution is 7.14. The lowest BCUT2D eigenvalue weighted by atomic mass is 10.2. The predicted molar refractivity (Wildman–Crippen MR) is 95.0 cm³/mol. The van der Waals surface area contributed by atoms with Crippen molar-refractivity contribution in [1.29, 1.82) is 0 Å². The van der Waals surface area contributed by atoms with E-state index in [2.05, 4.69) is 5.32 Å². The topological polar surface area (TPSA) is 64.6 Å². The van der Waals surface area contributed by atoms with Crippen LogP contribution in [0.15, 0.2) is 30.3 Å². The number of esters is 1. The van der Waals surface area contributed by atoms with Gasteiger partial charge in [-0.2, -0.15) is 0 Å². The molecule has 0 aliphatic rings. The second-order valence-electron chi connectivity index (χ2n) is 5.10. The number of para-hydroxylation sites is 2. The summed E-state index contributed by atoms with van der Waals surface area (Å²) in [5.74, 6) is -0.295. The number of carbonyl (C=O) groups is 2. The standard InChI is InChI=1S/C18H21NO4S/c1-4-13-10-16(24-12(13)3)18(21)23-11-17(20)19-14-8-6-7-9-15(14)22-5-2/h6-10H,4-5,11H2,1-3H3,(H,19,20). The Bertz CT molecular complexity index is 724. The minimum atomic E-state index is -0.476. The van der Waals surface area contributed by atoms with Gasteiger partial charge in [-0.05, 0) is 44.0 Å². The highest BCUT2D eigenvalue weighted by Gasteiger charge is 2.15. The summed E-state index contributed by atoms with van der Waals surface area (Å²) in [6.45, 7) is 6.04. The van der Waals surface area contributed by atoms with Gasteiger partial charge in [-0.15, -0.1) is 11.3 Å². The van der Waals surface area contributed by atoms with E-state index in [0.29, 0.717) is 22.9 Å². The van der Waals surface area contributed by atoms with Crippen molar-refractivity contribution in [2.24, 2.45) is 0 Å². The Morgan fingerprint density at radius 3 is 2.62 bits per heavy atom. The zero-order valence-electron chi connectivity index (χ0n) is 14.0. The molecule has 1 aromatic heterocycles. The van der Waals surface area contributed by atoms with E-state index >= 15 is 0 Å². The van der Waals surface area contributed by atoms with Gasteiger partial charge in [0.15, 0.2) is 6.61 Å². The second kappa shape index (κ2) is 8.49. The maximum absolute atomic E-state index is 12.0. The fourth-order valence-electron chi connectivity index (χ4n) is 2.21. The SMILES string of the molecule is CCOc1ccccc1NC(=O)COC(=O)c1cc(CC)c(C)s1. The first-order valence-electron chi connectivity index (χ1n) is 7.83. The molecule has 0 unspecified atom stereocenters. The number of anilines is 1. The molecule has 0 spiro atoms. The van der Waals surface area contributed by atoms with Crippen LogP contribution in [0, 0.1) is 6.92 Å². The van der Waals surface area contributed by atoms with Gasteiger partial charge < -0.3 is 14.8 Å². The molecular formula is C18H21NO4S.